The summed E-state index contributed by atoms with van der Waals surface area (Å²) >= 11 is 0. The third-order valence-electron chi connectivity index (χ3n) is 2.83. The highest BCUT2D eigenvalue weighted by atomic mass is 15.2. The van der Waals surface area contributed by atoms with Gasteiger partial charge in [0.25, 0.3) is 0 Å². The number of aromatic nitrogens is 2. The van der Waals surface area contributed by atoms with Crippen molar-refractivity contribution in [3.8, 4) is 6.07 Å². The Kier molecular flexibility index (Phi) is 5.92. The molecule has 0 saturated carbocycles. The monoisotopic (exact) mass is 247 g/mol. The van der Waals surface area contributed by atoms with Gasteiger partial charge < -0.3 is 9.80 Å². The number of hydrogen-bond donors (Lipinski definition) is 0. The highest BCUT2D eigenvalue weighted by Gasteiger charge is 2.07. The summed E-state index contributed by atoms with van der Waals surface area (Å²) in [7, 11) is 3.98. The van der Waals surface area contributed by atoms with E-state index in [9.17, 15) is 0 Å². The van der Waals surface area contributed by atoms with E-state index < -0.39 is 0 Å². The van der Waals surface area contributed by atoms with Crippen LogP contribution in [0.25, 0.3) is 0 Å². The molecule has 18 heavy (non-hydrogen) atoms. The van der Waals surface area contributed by atoms with E-state index in [0.29, 0.717) is 13.0 Å². The second-order valence-corrected chi connectivity index (χ2v) is 4.34. The van der Waals surface area contributed by atoms with E-state index in [1.165, 1.54) is 6.42 Å². The van der Waals surface area contributed by atoms with Crippen molar-refractivity contribution in [3.63, 3.8) is 0 Å². The number of unbranched alkanes of at least 4 members (excludes halogenated alkanes) is 1. The molecule has 1 aromatic heterocycles. The maximum absolute atomic E-state index is 8.58. The summed E-state index contributed by atoms with van der Waals surface area (Å²) in [4.78, 5) is 12.6. The van der Waals surface area contributed by atoms with Crippen molar-refractivity contribution < 1.29 is 0 Å². The standard InChI is InChI=1S/C13H21N5/c1-4-5-8-17(2)12-10-13(16-11-15-12)18(3)9-6-7-14/h10-11H,4-6,8-9H2,1-3H3. The minimum atomic E-state index is 0.501. The fraction of sp³-hybridized carbons (Fsp3) is 0.615. The molecule has 0 amide bonds. The number of anilines is 2. The predicted octanol–water partition coefficient (Wildman–Crippen LogP) is 2.06. The predicted molar refractivity (Wildman–Crippen MR) is 73.7 cm³/mol. The zero-order chi connectivity index (χ0) is 13.4. The molecule has 0 spiro atoms. The number of hydrogen-bond acceptors (Lipinski definition) is 5. The minimum Gasteiger partial charge on any atom is -0.360 e. The molecule has 0 atom stereocenters. The van der Waals surface area contributed by atoms with Crippen molar-refractivity contribution in [1.82, 2.24) is 9.97 Å². The minimum absolute atomic E-state index is 0.501. The zero-order valence-corrected chi connectivity index (χ0v) is 11.4. The van der Waals surface area contributed by atoms with E-state index in [2.05, 4.69) is 27.9 Å². The third-order valence-corrected chi connectivity index (χ3v) is 2.83. The lowest BCUT2D eigenvalue weighted by molar-refractivity contribution is 0.757. The lowest BCUT2D eigenvalue weighted by Gasteiger charge is -2.21. The molecule has 0 fully saturated rings. The van der Waals surface area contributed by atoms with Gasteiger partial charge in [0.15, 0.2) is 0 Å². The highest BCUT2D eigenvalue weighted by Crippen LogP contribution is 2.16. The van der Waals surface area contributed by atoms with Crippen LogP contribution in [-0.4, -0.2) is 37.2 Å². The lowest BCUT2D eigenvalue weighted by atomic mass is 10.3. The molecule has 0 radical (unpaired) electrons. The van der Waals surface area contributed by atoms with Crippen LogP contribution >= 0.6 is 0 Å². The van der Waals surface area contributed by atoms with Gasteiger partial charge in [-0.05, 0) is 6.42 Å². The first-order valence-electron chi connectivity index (χ1n) is 6.30. The van der Waals surface area contributed by atoms with Crippen molar-refractivity contribution in [2.24, 2.45) is 0 Å². The van der Waals surface area contributed by atoms with E-state index in [1.807, 2.05) is 25.1 Å². The van der Waals surface area contributed by atoms with Crippen molar-refractivity contribution in [2.75, 3.05) is 37.0 Å². The van der Waals surface area contributed by atoms with Crippen LogP contribution in [0.1, 0.15) is 26.2 Å². The maximum Gasteiger partial charge on any atom is 0.133 e. The van der Waals surface area contributed by atoms with Gasteiger partial charge in [-0.2, -0.15) is 5.26 Å². The third kappa shape index (κ3) is 4.21. The van der Waals surface area contributed by atoms with Gasteiger partial charge >= 0.3 is 0 Å². The largest absolute Gasteiger partial charge is 0.360 e. The Labute approximate surface area is 109 Å². The molecule has 0 aromatic carbocycles. The Morgan fingerprint density at radius 1 is 1.17 bits per heavy atom. The summed E-state index contributed by atoms with van der Waals surface area (Å²) in [5.74, 6) is 1.79. The SMILES string of the molecule is CCCCN(C)c1cc(N(C)CCC#N)ncn1. The van der Waals surface area contributed by atoms with Gasteiger partial charge in [0, 0.05) is 33.3 Å². The molecule has 5 heteroatoms. The summed E-state index contributed by atoms with van der Waals surface area (Å²) in [5, 5.41) is 8.58. The second-order valence-electron chi connectivity index (χ2n) is 4.34. The van der Waals surface area contributed by atoms with Gasteiger partial charge in [0.1, 0.15) is 18.0 Å². The number of nitrogens with zero attached hydrogens (tertiary/aromatic N) is 5. The van der Waals surface area contributed by atoms with Gasteiger partial charge in [0.05, 0.1) is 12.5 Å². The fourth-order valence-corrected chi connectivity index (χ4v) is 1.60. The molecule has 1 heterocycles. The van der Waals surface area contributed by atoms with Crippen LogP contribution in [0, 0.1) is 11.3 Å². The molecule has 0 aliphatic carbocycles. The van der Waals surface area contributed by atoms with Crippen LogP contribution in [-0.2, 0) is 0 Å². The molecule has 0 aliphatic heterocycles. The maximum atomic E-state index is 8.58. The summed E-state index contributed by atoms with van der Waals surface area (Å²) in [5.41, 5.74) is 0. The Bertz CT molecular complexity index is 399. The average molecular weight is 247 g/mol. The quantitative estimate of drug-likeness (QED) is 0.738. The molecular formula is C13H21N5. The molecule has 1 rings (SSSR count). The molecule has 98 valence electrons. The van der Waals surface area contributed by atoms with E-state index in [0.717, 1.165) is 24.6 Å². The van der Waals surface area contributed by atoms with Gasteiger partial charge in [-0.15, -0.1) is 0 Å². The van der Waals surface area contributed by atoms with Crippen molar-refractivity contribution in [1.29, 1.82) is 5.26 Å². The van der Waals surface area contributed by atoms with Crippen molar-refractivity contribution >= 4 is 11.6 Å². The summed E-state index contributed by atoms with van der Waals surface area (Å²) in [6, 6.07) is 4.10. The van der Waals surface area contributed by atoms with Gasteiger partial charge in [0.2, 0.25) is 0 Å². The molecule has 0 saturated heterocycles. The van der Waals surface area contributed by atoms with Crippen molar-refractivity contribution in [2.45, 2.75) is 26.2 Å². The van der Waals surface area contributed by atoms with E-state index in [1.54, 1.807) is 6.33 Å². The van der Waals surface area contributed by atoms with E-state index in [-0.39, 0.29) is 0 Å². The summed E-state index contributed by atoms with van der Waals surface area (Å²) < 4.78 is 0. The van der Waals surface area contributed by atoms with E-state index >= 15 is 0 Å². The van der Waals surface area contributed by atoms with Crippen LogP contribution in [0.3, 0.4) is 0 Å². The summed E-state index contributed by atoms with van der Waals surface area (Å²) in [6.45, 7) is 3.86. The molecule has 0 N–H and O–H groups in total. The Morgan fingerprint density at radius 2 is 1.78 bits per heavy atom. The van der Waals surface area contributed by atoms with Gasteiger partial charge in [-0.25, -0.2) is 9.97 Å². The van der Waals surface area contributed by atoms with Crippen LogP contribution in [0.4, 0.5) is 11.6 Å². The molecular weight excluding hydrogens is 226 g/mol. The Balaban J connectivity index is 2.69. The highest BCUT2D eigenvalue weighted by molar-refractivity contribution is 5.49. The Hall–Kier alpha value is -1.83. The molecule has 1 aromatic rings. The zero-order valence-electron chi connectivity index (χ0n) is 11.4. The van der Waals surface area contributed by atoms with E-state index in [4.69, 9.17) is 5.26 Å². The van der Waals surface area contributed by atoms with Crippen LogP contribution in [0.15, 0.2) is 12.4 Å². The topological polar surface area (TPSA) is 56.0 Å². The smallest absolute Gasteiger partial charge is 0.133 e. The molecule has 5 nitrogen and oxygen atoms in total. The second kappa shape index (κ2) is 7.49. The first-order valence-corrected chi connectivity index (χ1v) is 6.30. The number of nitriles is 1. The summed E-state index contributed by atoms with van der Waals surface area (Å²) in [6.07, 6.45) is 4.40. The lowest BCUT2D eigenvalue weighted by Crippen LogP contribution is -2.22. The van der Waals surface area contributed by atoms with Crippen LogP contribution < -0.4 is 9.80 Å². The Morgan fingerprint density at radius 3 is 2.33 bits per heavy atom. The molecule has 0 aliphatic rings. The normalized spacial score (nSPS) is 9.89. The van der Waals surface area contributed by atoms with Crippen molar-refractivity contribution in [3.05, 3.63) is 12.4 Å². The first kappa shape index (κ1) is 14.2. The van der Waals surface area contributed by atoms with Gasteiger partial charge in [-0.3, -0.25) is 0 Å². The molecule has 0 bridgehead atoms. The first-order chi connectivity index (χ1) is 8.69. The van der Waals surface area contributed by atoms with Gasteiger partial charge in [-0.1, -0.05) is 13.3 Å². The van der Waals surface area contributed by atoms with Crippen LogP contribution in [0.5, 0.6) is 0 Å². The average Bonchev–Trinajstić information content (AvgIpc) is 2.42. The van der Waals surface area contributed by atoms with Crippen LogP contribution in [0.2, 0.25) is 0 Å². The fourth-order valence-electron chi connectivity index (χ4n) is 1.60. The number of rotatable bonds is 7. The molecule has 0 unspecified atom stereocenters.